The molecule has 0 aliphatic carbocycles. The second-order valence-corrected chi connectivity index (χ2v) is 9.47. The fourth-order valence-corrected chi connectivity index (χ4v) is 4.67. The first-order chi connectivity index (χ1) is 18.5. The zero-order valence-corrected chi connectivity index (χ0v) is 21.3. The number of nitrogens with zero attached hydrogens (tertiary/aromatic N) is 3. The summed E-state index contributed by atoms with van der Waals surface area (Å²) in [4.78, 5) is 33.2. The van der Waals surface area contributed by atoms with Crippen molar-refractivity contribution in [2.75, 3.05) is 32.0 Å². The van der Waals surface area contributed by atoms with Crippen molar-refractivity contribution in [1.82, 2.24) is 25.4 Å². The molecule has 2 aromatic carbocycles. The van der Waals surface area contributed by atoms with Gasteiger partial charge in [0.1, 0.15) is 17.2 Å². The van der Waals surface area contributed by atoms with Gasteiger partial charge in [0.25, 0.3) is 5.91 Å². The van der Waals surface area contributed by atoms with Crippen LogP contribution in [0.15, 0.2) is 90.4 Å². The van der Waals surface area contributed by atoms with Gasteiger partial charge < -0.3 is 16.0 Å². The minimum atomic E-state index is -0.516. The topological polar surface area (TPSA) is 113 Å². The number of nitrogens with one attached hydrogen (secondary N) is 4. The van der Waals surface area contributed by atoms with Crippen LogP contribution in [0.2, 0.25) is 0 Å². The van der Waals surface area contributed by atoms with E-state index in [0.717, 1.165) is 46.9 Å². The monoisotopic (exact) mass is 509 g/mol. The highest BCUT2D eigenvalue weighted by molar-refractivity contribution is 6.30. The molecule has 194 valence electrons. The number of imide groups is 1. The van der Waals surface area contributed by atoms with E-state index in [0.29, 0.717) is 18.9 Å². The molecular formula is C29H31N7O2. The molecular weight excluding hydrogens is 478 g/mol. The summed E-state index contributed by atoms with van der Waals surface area (Å²) < 4.78 is 0. The number of likely N-dealkylation sites (N-methyl/N-ethyl adjacent to an activating group) is 1. The van der Waals surface area contributed by atoms with E-state index in [9.17, 15) is 9.59 Å². The number of hydrogen-bond acceptors (Lipinski definition) is 7. The van der Waals surface area contributed by atoms with Gasteiger partial charge in [0.05, 0.1) is 5.69 Å². The van der Waals surface area contributed by atoms with E-state index in [1.54, 1.807) is 6.20 Å². The predicted octanol–water partition coefficient (Wildman–Crippen LogP) is 3.64. The maximum Gasteiger partial charge on any atom is 0.332 e. The number of benzene rings is 2. The van der Waals surface area contributed by atoms with Crippen molar-refractivity contribution in [2.24, 2.45) is 5.92 Å². The lowest BCUT2D eigenvalue weighted by Crippen LogP contribution is -2.56. The Balaban J connectivity index is 1.43. The molecule has 1 atom stereocenters. The van der Waals surface area contributed by atoms with Crippen LogP contribution in [0, 0.1) is 11.3 Å². The molecule has 2 saturated heterocycles. The second kappa shape index (κ2) is 11.3. The van der Waals surface area contributed by atoms with Crippen LogP contribution < -0.4 is 16.0 Å². The van der Waals surface area contributed by atoms with Gasteiger partial charge in [-0.3, -0.25) is 25.0 Å². The molecule has 0 radical (unpaired) electrons. The van der Waals surface area contributed by atoms with Crippen LogP contribution in [-0.2, 0) is 11.3 Å². The molecule has 1 unspecified atom stereocenters. The minimum Gasteiger partial charge on any atom is -0.367 e. The van der Waals surface area contributed by atoms with Gasteiger partial charge >= 0.3 is 6.03 Å². The smallest absolute Gasteiger partial charge is 0.332 e. The summed E-state index contributed by atoms with van der Waals surface area (Å²) in [5.41, 5.74) is 3.79. The number of carbonyl (C=O) groups is 2. The van der Waals surface area contributed by atoms with Crippen molar-refractivity contribution >= 4 is 23.5 Å². The predicted molar refractivity (Wildman–Crippen MR) is 147 cm³/mol. The van der Waals surface area contributed by atoms with Crippen LogP contribution in [0.3, 0.4) is 0 Å². The van der Waals surface area contributed by atoms with E-state index in [4.69, 9.17) is 5.41 Å². The summed E-state index contributed by atoms with van der Waals surface area (Å²) in [7, 11) is 1.47. The van der Waals surface area contributed by atoms with Crippen molar-refractivity contribution in [1.29, 1.82) is 5.41 Å². The summed E-state index contributed by atoms with van der Waals surface area (Å²) >= 11 is 0. The molecule has 2 aliphatic heterocycles. The highest BCUT2D eigenvalue weighted by atomic mass is 16.2. The van der Waals surface area contributed by atoms with E-state index in [2.05, 4.69) is 20.9 Å². The van der Waals surface area contributed by atoms with Gasteiger partial charge in [-0.15, -0.1) is 0 Å². The van der Waals surface area contributed by atoms with E-state index < -0.39 is 11.9 Å². The van der Waals surface area contributed by atoms with Crippen LogP contribution in [-0.4, -0.2) is 59.2 Å². The fraction of sp³-hybridized carbons (Fsp3) is 0.241. The van der Waals surface area contributed by atoms with Gasteiger partial charge in [-0.05, 0) is 55.3 Å². The third-order valence-corrected chi connectivity index (χ3v) is 6.82. The van der Waals surface area contributed by atoms with Crippen molar-refractivity contribution in [3.63, 3.8) is 0 Å². The summed E-state index contributed by atoms with van der Waals surface area (Å²) in [6.45, 7) is 2.47. The van der Waals surface area contributed by atoms with E-state index in [-0.39, 0.29) is 17.3 Å². The zero-order chi connectivity index (χ0) is 26.5. The lowest BCUT2D eigenvalue weighted by molar-refractivity contribution is -0.123. The lowest BCUT2D eigenvalue weighted by Gasteiger charge is -2.36. The number of aromatic nitrogens is 1. The van der Waals surface area contributed by atoms with Crippen molar-refractivity contribution in [3.8, 4) is 11.3 Å². The lowest BCUT2D eigenvalue weighted by atomic mass is 10.0. The Labute approximate surface area is 222 Å². The molecule has 9 heteroatoms. The number of amidine groups is 1. The maximum atomic E-state index is 13.4. The molecule has 9 nitrogen and oxygen atoms in total. The Morgan fingerprint density at radius 2 is 1.82 bits per heavy atom. The third-order valence-electron chi connectivity index (χ3n) is 6.82. The van der Waals surface area contributed by atoms with Gasteiger partial charge in [0, 0.05) is 37.6 Å². The molecule has 2 aliphatic rings. The van der Waals surface area contributed by atoms with Crippen molar-refractivity contribution < 1.29 is 9.59 Å². The van der Waals surface area contributed by atoms with Gasteiger partial charge in [-0.2, -0.15) is 0 Å². The van der Waals surface area contributed by atoms with Gasteiger partial charge in [0.15, 0.2) is 0 Å². The quantitative estimate of drug-likeness (QED) is 0.345. The van der Waals surface area contributed by atoms with E-state index in [1.807, 2.05) is 72.8 Å². The molecule has 2 fully saturated rings. The number of anilines is 1. The van der Waals surface area contributed by atoms with Gasteiger partial charge in [0.2, 0.25) is 0 Å². The number of pyridine rings is 1. The first kappa shape index (κ1) is 25.2. The molecule has 0 saturated carbocycles. The van der Waals surface area contributed by atoms with Crippen molar-refractivity contribution in [2.45, 2.75) is 13.0 Å². The SMILES string of the molecule is CN1C(=O)/C(=C(/NCc2ccc(-c3ccccn3)cc2)Nc2ccccc2)C(=N)N(CC2CCNC2)C1=O. The van der Waals surface area contributed by atoms with Crippen LogP contribution in [0.5, 0.6) is 0 Å². The Kier molecular flexibility index (Phi) is 7.46. The summed E-state index contributed by atoms with van der Waals surface area (Å²) in [5, 5.41) is 18.8. The van der Waals surface area contributed by atoms with Crippen molar-refractivity contribution in [3.05, 3.63) is 96.0 Å². The summed E-state index contributed by atoms with van der Waals surface area (Å²) in [5.74, 6) is 0.00539. The van der Waals surface area contributed by atoms with Gasteiger partial charge in [-0.1, -0.05) is 48.5 Å². The summed E-state index contributed by atoms with van der Waals surface area (Å²) in [6, 6.07) is 22.8. The molecule has 38 heavy (non-hydrogen) atoms. The largest absolute Gasteiger partial charge is 0.367 e. The highest BCUT2D eigenvalue weighted by Gasteiger charge is 2.40. The summed E-state index contributed by atoms with van der Waals surface area (Å²) in [6.07, 6.45) is 2.69. The van der Waals surface area contributed by atoms with E-state index in [1.165, 1.54) is 11.9 Å². The normalized spacial score (nSPS) is 19.1. The molecule has 3 aromatic rings. The molecule has 0 bridgehead atoms. The maximum absolute atomic E-state index is 13.4. The molecule has 1 aromatic heterocycles. The number of amides is 3. The minimum absolute atomic E-state index is 0.0959. The highest BCUT2D eigenvalue weighted by Crippen LogP contribution is 2.23. The average Bonchev–Trinajstić information content (AvgIpc) is 3.48. The van der Waals surface area contributed by atoms with Crippen LogP contribution in [0.4, 0.5) is 10.5 Å². The van der Waals surface area contributed by atoms with Crippen LogP contribution in [0.25, 0.3) is 11.3 Å². The Morgan fingerprint density at radius 1 is 1.05 bits per heavy atom. The van der Waals surface area contributed by atoms with Crippen LogP contribution >= 0.6 is 0 Å². The molecule has 5 rings (SSSR count). The Morgan fingerprint density at radius 3 is 2.50 bits per heavy atom. The average molecular weight is 510 g/mol. The number of carbonyl (C=O) groups excluding carboxylic acids is 2. The Hall–Kier alpha value is -4.50. The zero-order valence-electron chi connectivity index (χ0n) is 21.3. The van der Waals surface area contributed by atoms with Crippen LogP contribution in [0.1, 0.15) is 12.0 Å². The molecule has 3 amide bonds. The number of rotatable bonds is 8. The fourth-order valence-electron chi connectivity index (χ4n) is 4.67. The van der Waals surface area contributed by atoms with E-state index >= 15 is 0 Å². The molecule has 3 heterocycles. The molecule has 4 N–H and O–H groups in total. The Bertz CT molecular complexity index is 1330. The number of para-hydroxylation sites is 1. The molecule has 0 spiro atoms. The second-order valence-electron chi connectivity index (χ2n) is 9.47. The number of hydrogen-bond donors (Lipinski definition) is 4. The number of urea groups is 1. The van der Waals surface area contributed by atoms with Gasteiger partial charge in [-0.25, -0.2) is 4.79 Å². The standard InChI is InChI=1S/C29H31N7O2/c1-35-28(37)25(26(30)36(29(35)38)19-21-14-16-31-17-21)27(34-23-7-3-2-4-8-23)33-18-20-10-12-22(13-11-20)24-9-5-6-15-32-24/h2-13,15,21,30-31,33-34H,14,16-19H2,1H3/b27-25-,30-26?. The first-order valence-electron chi connectivity index (χ1n) is 12.7. The first-order valence-corrected chi connectivity index (χ1v) is 12.7. The third kappa shape index (κ3) is 5.42.